The number of allylic oxidation sites excluding steroid dienone is 1. The minimum Gasteiger partial charge on any atom is -0.515 e. The third-order valence-electron chi connectivity index (χ3n) is 1.19. The molecule has 1 nitrogen and oxygen atoms in total. The molecule has 0 heterocycles. The average molecular weight is 272 g/mol. The fraction of sp³-hybridized carbons (Fsp3) is 0.714. The van der Waals surface area contributed by atoms with Crippen molar-refractivity contribution in [2.24, 2.45) is 0 Å². The van der Waals surface area contributed by atoms with Crippen LogP contribution in [0.2, 0.25) is 0 Å². The van der Waals surface area contributed by atoms with Gasteiger partial charge in [0.2, 0.25) is 0 Å². The summed E-state index contributed by atoms with van der Waals surface area (Å²) in [6.45, 7) is 0. The normalized spacial score (nSPS) is 12.0. The second-order valence-corrected chi connectivity index (χ2v) is 3.89. The first kappa shape index (κ1) is 10.5. The molecular formula is C7H12Br2O. The van der Waals surface area contributed by atoms with E-state index in [1.54, 1.807) is 0 Å². The third-order valence-corrected chi connectivity index (χ3v) is 2.35. The maximum Gasteiger partial charge on any atom is 0.0892 e. The number of aliphatic hydroxyl groups is 1. The molecule has 0 aliphatic heterocycles. The summed E-state index contributed by atoms with van der Waals surface area (Å²) in [5, 5.41) is 9.55. The van der Waals surface area contributed by atoms with Crippen molar-refractivity contribution in [1.82, 2.24) is 0 Å². The summed E-state index contributed by atoms with van der Waals surface area (Å²) < 4.78 is 0.891. The van der Waals surface area contributed by atoms with Gasteiger partial charge in [0.05, 0.1) is 6.26 Å². The molecule has 0 aliphatic carbocycles. The second-order valence-electron chi connectivity index (χ2n) is 2.08. The summed E-state index contributed by atoms with van der Waals surface area (Å²) in [5.41, 5.74) is 0. The quantitative estimate of drug-likeness (QED) is 0.459. The van der Waals surface area contributed by atoms with Crippen LogP contribution in [0.5, 0.6) is 0 Å². The summed E-state index contributed by atoms with van der Waals surface area (Å²) >= 11 is 6.59. The Morgan fingerprint density at radius 3 is 2.50 bits per heavy atom. The number of unbranched alkanes of at least 4 members (excludes halogenated alkanes) is 2. The number of alkyl halides is 1. The Morgan fingerprint density at radius 2 is 2.00 bits per heavy atom. The standard InChI is InChI=1S/C7H12Br2O/c8-5-3-1-2-4-7(9)6-10/h6,10H,1-5H2/b7-6-. The first-order valence-corrected chi connectivity index (χ1v) is 5.27. The van der Waals surface area contributed by atoms with Crippen LogP contribution in [0.3, 0.4) is 0 Å². The number of hydrogen-bond donors (Lipinski definition) is 1. The van der Waals surface area contributed by atoms with Crippen molar-refractivity contribution in [3.8, 4) is 0 Å². The molecular weight excluding hydrogens is 260 g/mol. The van der Waals surface area contributed by atoms with Gasteiger partial charge < -0.3 is 5.11 Å². The molecule has 0 spiro atoms. The molecule has 0 aliphatic rings. The monoisotopic (exact) mass is 270 g/mol. The molecule has 0 radical (unpaired) electrons. The minimum absolute atomic E-state index is 0.891. The van der Waals surface area contributed by atoms with Crippen molar-refractivity contribution in [1.29, 1.82) is 0 Å². The Morgan fingerprint density at radius 1 is 1.30 bits per heavy atom. The van der Waals surface area contributed by atoms with Gasteiger partial charge in [0.15, 0.2) is 0 Å². The van der Waals surface area contributed by atoms with E-state index in [0.29, 0.717) is 0 Å². The minimum atomic E-state index is 0.891. The molecule has 0 atom stereocenters. The van der Waals surface area contributed by atoms with Crippen molar-refractivity contribution in [3.63, 3.8) is 0 Å². The molecule has 0 fully saturated rings. The molecule has 0 aromatic rings. The van der Waals surface area contributed by atoms with Crippen LogP contribution < -0.4 is 0 Å². The van der Waals surface area contributed by atoms with E-state index >= 15 is 0 Å². The summed E-state index contributed by atoms with van der Waals surface area (Å²) in [6, 6.07) is 0. The van der Waals surface area contributed by atoms with Crippen molar-refractivity contribution >= 4 is 31.9 Å². The number of aliphatic hydroxyl groups excluding tert-OH is 1. The molecule has 0 rings (SSSR count). The summed E-state index contributed by atoms with van der Waals surface area (Å²) in [7, 11) is 0. The van der Waals surface area contributed by atoms with Crippen molar-refractivity contribution in [2.45, 2.75) is 25.7 Å². The highest BCUT2D eigenvalue weighted by molar-refractivity contribution is 9.11. The molecule has 1 N–H and O–H groups in total. The largest absolute Gasteiger partial charge is 0.515 e. The van der Waals surface area contributed by atoms with E-state index < -0.39 is 0 Å². The van der Waals surface area contributed by atoms with E-state index in [1.165, 1.54) is 12.8 Å². The highest BCUT2D eigenvalue weighted by atomic mass is 79.9. The SMILES string of the molecule is O/C=C(\Br)CCCCCBr. The highest BCUT2D eigenvalue weighted by Gasteiger charge is 1.91. The molecule has 0 aromatic heterocycles. The van der Waals surface area contributed by atoms with Crippen molar-refractivity contribution in [3.05, 3.63) is 10.7 Å². The van der Waals surface area contributed by atoms with Crippen LogP contribution in [0.25, 0.3) is 0 Å². The van der Waals surface area contributed by atoms with Gasteiger partial charge in [-0.1, -0.05) is 38.3 Å². The van der Waals surface area contributed by atoms with Gasteiger partial charge in [0, 0.05) is 9.81 Å². The Kier molecular flexibility index (Phi) is 7.99. The van der Waals surface area contributed by atoms with Crippen LogP contribution in [0.15, 0.2) is 10.7 Å². The predicted octanol–water partition coefficient (Wildman–Crippen LogP) is 3.74. The van der Waals surface area contributed by atoms with Gasteiger partial charge in [-0.25, -0.2) is 0 Å². The molecule has 3 heteroatoms. The molecule has 10 heavy (non-hydrogen) atoms. The maximum atomic E-state index is 8.47. The van der Waals surface area contributed by atoms with Gasteiger partial charge in [-0.15, -0.1) is 0 Å². The Hall–Kier alpha value is 0.500. The smallest absolute Gasteiger partial charge is 0.0892 e. The zero-order valence-electron chi connectivity index (χ0n) is 5.82. The highest BCUT2D eigenvalue weighted by Crippen LogP contribution is 2.14. The van der Waals surface area contributed by atoms with Crippen molar-refractivity contribution in [2.75, 3.05) is 5.33 Å². The van der Waals surface area contributed by atoms with Crippen LogP contribution in [-0.4, -0.2) is 10.4 Å². The average Bonchev–Trinajstić information content (AvgIpc) is 1.98. The van der Waals surface area contributed by atoms with E-state index in [1.807, 2.05) is 0 Å². The number of halogens is 2. The molecule has 0 aromatic carbocycles. The van der Waals surface area contributed by atoms with E-state index in [0.717, 1.165) is 28.9 Å². The van der Waals surface area contributed by atoms with Gasteiger partial charge in [-0.2, -0.15) is 0 Å². The lowest BCUT2D eigenvalue weighted by molar-refractivity contribution is 0.468. The summed E-state index contributed by atoms with van der Waals surface area (Å²) in [5.74, 6) is 0. The van der Waals surface area contributed by atoms with E-state index in [4.69, 9.17) is 5.11 Å². The fourth-order valence-corrected chi connectivity index (χ4v) is 1.31. The van der Waals surface area contributed by atoms with Gasteiger partial charge in [-0.3, -0.25) is 0 Å². The zero-order chi connectivity index (χ0) is 7.82. The molecule has 0 unspecified atom stereocenters. The van der Waals surface area contributed by atoms with Gasteiger partial charge in [0.1, 0.15) is 0 Å². The Labute approximate surface area is 78.8 Å². The lowest BCUT2D eigenvalue weighted by Crippen LogP contribution is -1.78. The molecule has 60 valence electrons. The maximum absolute atomic E-state index is 8.47. The molecule has 0 saturated heterocycles. The first-order valence-electron chi connectivity index (χ1n) is 3.36. The topological polar surface area (TPSA) is 20.2 Å². The van der Waals surface area contributed by atoms with Crippen LogP contribution in [0.4, 0.5) is 0 Å². The second kappa shape index (κ2) is 7.61. The first-order chi connectivity index (χ1) is 4.81. The van der Waals surface area contributed by atoms with Crippen LogP contribution in [0, 0.1) is 0 Å². The Bertz CT molecular complexity index is 102. The fourth-order valence-electron chi connectivity index (χ4n) is 0.630. The zero-order valence-corrected chi connectivity index (χ0v) is 8.99. The van der Waals surface area contributed by atoms with E-state index in [-0.39, 0.29) is 0 Å². The summed E-state index contributed by atoms with van der Waals surface area (Å²) in [6.07, 6.45) is 5.64. The van der Waals surface area contributed by atoms with Crippen molar-refractivity contribution < 1.29 is 5.11 Å². The molecule has 0 bridgehead atoms. The number of hydrogen-bond acceptors (Lipinski definition) is 1. The van der Waals surface area contributed by atoms with Gasteiger partial charge in [0.25, 0.3) is 0 Å². The van der Waals surface area contributed by atoms with Crippen LogP contribution in [-0.2, 0) is 0 Å². The van der Waals surface area contributed by atoms with Crippen LogP contribution >= 0.6 is 31.9 Å². The van der Waals surface area contributed by atoms with E-state index in [9.17, 15) is 0 Å². The van der Waals surface area contributed by atoms with Gasteiger partial charge in [-0.05, 0) is 19.3 Å². The van der Waals surface area contributed by atoms with Crippen LogP contribution in [0.1, 0.15) is 25.7 Å². The number of rotatable bonds is 5. The Balaban J connectivity index is 3.04. The molecule has 0 saturated carbocycles. The lowest BCUT2D eigenvalue weighted by Gasteiger charge is -1.96. The summed E-state index contributed by atoms with van der Waals surface area (Å²) in [4.78, 5) is 0. The predicted molar refractivity (Wildman–Crippen MR) is 51.9 cm³/mol. The van der Waals surface area contributed by atoms with E-state index in [2.05, 4.69) is 31.9 Å². The van der Waals surface area contributed by atoms with Gasteiger partial charge >= 0.3 is 0 Å². The molecule has 0 amide bonds. The lowest BCUT2D eigenvalue weighted by atomic mass is 10.2. The third kappa shape index (κ3) is 6.62.